The Morgan fingerprint density at radius 1 is 1.41 bits per heavy atom. The van der Waals surface area contributed by atoms with Crippen LogP contribution < -0.4 is 10.1 Å². The highest BCUT2D eigenvalue weighted by Gasteiger charge is 2.36. The summed E-state index contributed by atoms with van der Waals surface area (Å²) in [5.74, 6) is 1.07. The highest BCUT2D eigenvalue weighted by Crippen LogP contribution is 2.31. The van der Waals surface area contributed by atoms with Crippen molar-refractivity contribution in [1.82, 2.24) is 5.32 Å². The molecular formula is C14H19NO2. The summed E-state index contributed by atoms with van der Waals surface area (Å²) < 4.78 is 5.36. The molecule has 0 spiro atoms. The fourth-order valence-electron chi connectivity index (χ4n) is 2.51. The van der Waals surface area contributed by atoms with Crippen LogP contribution in [0.4, 0.5) is 0 Å². The molecule has 1 heterocycles. The van der Waals surface area contributed by atoms with Gasteiger partial charge >= 0.3 is 0 Å². The minimum atomic E-state index is -0.0777. The standard InChI is InChI=1S/C14H19NO2/c1-3-14(9-8-13(16)15-14)10-11-6-4-5-7-12(11)17-2/h4-7H,3,8-10H2,1-2H3,(H,15,16). The number of para-hydroxylation sites is 1. The van der Waals surface area contributed by atoms with E-state index in [2.05, 4.69) is 18.3 Å². The van der Waals surface area contributed by atoms with Crippen LogP contribution in [0.1, 0.15) is 31.7 Å². The van der Waals surface area contributed by atoms with Crippen LogP contribution >= 0.6 is 0 Å². The summed E-state index contributed by atoms with van der Waals surface area (Å²) in [6.07, 6.45) is 3.36. The van der Waals surface area contributed by atoms with E-state index in [0.717, 1.165) is 25.0 Å². The molecule has 0 aliphatic carbocycles. The van der Waals surface area contributed by atoms with Gasteiger partial charge in [0.2, 0.25) is 5.91 Å². The molecule has 1 N–H and O–H groups in total. The maximum atomic E-state index is 11.4. The molecule has 1 aliphatic heterocycles. The first-order chi connectivity index (χ1) is 8.19. The van der Waals surface area contributed by atoms with Crippen LogP contribution in [0.15, 0.2) is 24.3 Å². The average Bonchev–Trinajstić information content (AvgIpc) is 2.72. The van der Waals surface area contributed by atoms with E-state index in [0.29, 0.717) is 6.42 Å². The predicted molar refractivity (Wildman–Crippen MR) is 67.1 cm³/mol. The molecule has 0 bridgehead atoms. The van der Waals surface area contributed by atoms with Crippen molar-refractivity contribution < 1.29 is 9.53 Å². The quantitative estimate of drug-likeness (QED) is 0.866. The van der Waals surface area contributed by atoms with Crippen molar-refractivity contribution in [2.24, 2.45) is 0 Å². The SMILES string of the molecule is CCC1(Cc2ccccc2OC)CCC(=O)N1. The van der Waals surface area contributed by atoms with Crippen LogP contribution in [-0.2, 0) is 11.2 Å². The molecule has 0 aromatic heterocycles. The van der Waals surface area contributed by atoms with Crippen LogP contribution in [0.25, 0.3) is 0 Å². The van der Waals surface area contributed by atoms with Gasteiger partial charge in [0.1, 0.15) is 5.75 Å². The molecule has 1 aliphatic rings. The number of hydrogen-bond acceptors (Lipinski definition) is 2. The van der Waals surface area contributed by atoms with Crippen LogP contribution in [-0.4, -0.2) is 18.6 Å². The highest BCUT2D eigenvalue weighted by molar-refractivity contribution is 5.79. The van der Waals surface area contributed by atoms with Gasteiger partial charge in [-0.25, -0.2) is 0 Å². The van der Waals surface area contributed by atoms with E-state index < -0.39 is 0 Å². The average molecular weight is 233 g/mol. The Bertz CT molecular complexity index is 416. The lowest BCUT2D eigenvalue weighted by atomic mass is 9.86. The number of carbonyl (C=O) groups excluding carboxylic acids is 1. The second kappa shape index (κ2) is 4.78. The van der Waals surface area contributed by atoms with Gasteiger partial charge in [-0.2, -0.15) is 0 Å². The molecule has 17 heavy (non-hydrogen) atoms. The molecule has 1 saturated heterocycles. The summed E-state index contributed by atoms with van der Waals surface area (Å²) in [6.45, 7) is 2.13. The normalized spacial score (nSPS) is 23.5. The van der Waals surface area contributed by atoms with Crippen molar-refractivity contribution in [3.63, 3.8) is 0 Å². The van der Waals surface area contributed by atoms with Crippen molar-refractivity contribution in [2.45, 2.75) is 38.1 Å². The zero-order valence-corrected chi connectivity index (χ0v) is 10.5. The van der Waals surface area contributed by atoms with E-state index in [4.69, 9.17) is 4.74 Å². The van der Waals surface area contributed by atoms with Crippen molar-refractivity contribution in [3.8, 4) is 5.75 Å². The molecule has 1 amide bonds. The van der Waals surface area contributed by atoms with Gasteiger partial charge in [0.25, 0.3) is 0 Å². The first-order valence-electron chi connectivity index (χ1n) is 6.12. The predicted octanol–water partition coefficient (Wildman–Crippen LogP) is 2.30. The van der Waals surface area contributed by atoms with Gasteiger partial charge < -0.3 is 10.1 Å². The van der Waals surface area contributed by atoms with E-state index in [1.165, 1.54) is 5.56 Å². The Hall–Kier alpha value is -1.51. The zero-order chi connectivity index (χ0) is 12.3. The molecule has 2 rings (SSSR count). The lowest BCUT2D eigenvalue weighted by Gasteiger charge is -2.28. The molecule has 1 fully saturated rings. The number of rotatable bonds is 4. The molecule has 1 atom stereocenters. The van der Waals surface area contributed by atoms with Crippen molar-refractivity contribution in [3.05, 3.63) is 29.8 Å². The summed E-state index contributed by atoms with van der Waals surface area (Å²) in [6, 6.07) is 8.02. The number of carbonyl (C=O) groups is 1. The summed E-state index contributed by atoms with van der Waals surface area (Å²) in [5.41, 5.74) is 1.09. The van der Waals surface area contributed by atoms with Gasteiger partial charge in [-0.05, 0) is 30.9 Å². The lowest BCUT2D eigenvalue weighted by molar-refractivity contribution is -0.119. The number of ether oxygens (including phenoxy) is 1. The van der Waals surface area contributed by atoms with Gasteiger partial charge in [-0.15, -0.1) is 0 Å². The summed E-state index contributed by atoms with van der Waals surface area (Å²) >= 11 is 0. The number of benzene rings is 1. The third kappa shape index (κ3) is 2.43. The minimum Gasteiger partial charge on any atom is -0.496 e. The third-order valence-electron chi connectivity index (χ3n) is 3.63. The Labute approximate surface area is 102 Å². The van der Waals surface area contributed by atoms with Crippen LogP contribution in [0.5, 0.6) is 5.75 Å². The van der Waals surface area contributed by atoms with Crippen molar-refractivity contribution >= 4 is 5.91 Å². The molecule has 3 heteroatoms. The van der Waals surface area contributed by atoms with E-state index >= 15 is 0 Å². The Balaban J connectivity index is 2.21. The van der Waals surface area contributed by atoms with E-state index in [9.17, 15) is 4.79 Å². The van der Waals surface area contributed by atoms with Crippen molar-refractivity contribution in [2.75, 3.05) is 7.11 Å². The molecule has 3 nitrogen and oxygen atoms in total. The zero-order valence-electron chi connectivity index (χ0n) is 10.5. The second-order valence-corrected chi connectivity index (χ2v) is 4.67. The van der Waals surface area contributed by atoms with Crippen molar-refractivity contribution in [1.29, 1.82) is 0 Å². The highest BCUT2D eigenvalue weighted by atomic mass is 16.5. The lowest BCUT2D eigenvalue weighted by Crippen LogP contribution is -2.43. The molecule has 0 saturated carbocycles. The van der Waals surface area contributed by atoms with Gasteiger partial charge in [-0.3, -0.25) is 4.79 Å². The number of nitrogens with one attached hydrogen (secondary N) is 1. The molecule has 0 radical (unpaired) electrons. The molecular weight excluding hydrogens is 214 g/mol. The number of methoxy groups -OCH3 is 1. The largest absolute Gasteiger partial charge is 0.496 e. The summed E-state index contributed by atoms with van der Waals surface area (Å²) in [5, 5.41) is 3.12. The van der Waals surface area contributed by atoms with E-state index in [1.807, 2.05) is 18.2 Å². The van der Waals surface area contributed by atoms with Gasteiger partial charge in [0, 0.05) is 12.0 Å². The molecule has 1 aromatic rings. The number of amides is 1. The first kappa shape index (κ1) is 12.0. The Morgan fingerprint density at radius 2 is 2.18 bits per heavy atom. The smallest absolute Gasteiger partial charge is 0.220 e. The molecule has 92 valence electrons. The fourth-order valence-corrected chi connectivity index (χ4v) is 2.51. The molecule has 1 unspecified atom stereocenters. The van der Waals surface area contributed by atoms with Crippen LogP contribution in [0.3, 0.4) is 0 Å². The van der Waals surface area contributed by atoms with Gasteiger partial charge in [0.05, 0.1) is 7.11 Å². The monoisotopic (exact) mass is 233 g/mol. The molecule has 1 aromatic carbocycles. The number of hydrogen-bond donors (Lipinski definition) is 1. The summed E-state index contributed by atoms with van der Waals surface area (Å²) in [7, 11) is 1.69. The second-order valence-electron chi connectivity index (χ2n) is 4.67. The van der Waals surface area contributed by atoms with E-state index in [1.54, 1.807) is 7.11 Å². The van der Waals surface area contributed by atoms with Crippen LogP contribution in [0, 0.1) is 0 Å². The minimum absolute atomic E-state index is 0.0777. The summed E-state index contributed by atoms with van der Waals surface area (Å²) in [4.78, 5) is 11.4. The van der Waals surface area contributed by atoms with Gasteiger partial charge in [0.15, 0.2) is 0 Å². The van der Waals surface area contributed by atoms with Gasteiger partial charge in [-0.1, -0.05) is 25.1 Å². The van der Waals surface area contributed by atoms with E-state index in [-0.39, 0.29) is 11.4 Å². The van der Waals surface area contributed by atoms with Crippen LogP contribution in [0.2, 0.25) is 0 Å². The third-order valence-corrected chi connectivity index (χ3v) is 3.63. The fraction of sp³-hybridized carbons (Fsp3) is 0.500. The maximum Gasteiger partial charge on any atom is 0.220 e. The topological polar surface area (TPSA) is 38.3 Å². The maximum absolute atomic E-state index is 11.4. The Kier molecular flexibility index (Phi) is 3.36. The Morgan fingerprint density at radius 3 is 2.76 bits per heavy atom. The first-order valence-corrected chi connectivity index (χ1v) is 6.12.